The van der Waals surface area contributed by atoms with E-state index in [0.29, 0.717) is 5.75 Å². The number of carbonyl (C=O) groups excluding carboxylic acids is 1. The van der Waals surface area contributed by atoms with Crippen molar-refractivity contribution in [3.8, 4) is 0 Å². The fourth-order valence-electron chi connectivity index (χ4n) is 1.31. The number of amides is 1. The molecule has 0 aliphatic carbocycles. The normalized spacial score (nSPS) is 10.3. The van der Waals surface area contributed by atoms with E-state index in [9.17, 15) is 4.79 Å². The van der Waals surface area contributed by atoms with Gasteiger partial charge in [-0.15, -0.1) is 11.8 Å². The summed E-state index contributed by atoms with van der Waals surface area (Å²) in [6.45, 7) is 0. The number of nitrogens with one attached hydrogen (secondary N) is 1. The van der Waals surface area contributed by atoms with E-state index in [1.54, 1.807) is 13.2 Å². The predicted molar refractivity (Wildman–Crippen MR) is 64.3 cm³/mol. The molecule has 0 atom stereocenters. The van der Waals surface area contributed by atoms with Crippen LogP contribution in [0.3, 0.4) is 0 Å². The van der Waals surface area contributed by atoms with Gasteiger partial charge in [0.25, 0.3) is 0 Å². The first-order valence-corrected chi connectivity index (χ1v) is 5.83. The Hall–Kier alpha value is -1.62. The molecule has 1 aromatic carbocycles. The van der Waals surface area contributed by atoms with Crippen molar-refractivity contribution in [1.82, 2.24) is 15.5 Å². The maximum atomic E-state index is 11.2. The lowest BCUT2D eigenvalue weighted by Crippen LogP contribution is -2.19. The van der Waals surface area contributed by atoms with Gasteiger partial charge >= 0.3 is 0 Å². The van der Waals surface area contributed by atoms with Crippen molar-refractivity contribution in [3.63, 3.8) is 0 Å². The number of thioether (sulfide) groups is 1. The van der Waals surface area contributed by atoms with Crippen molar-refractivity contribution in [3.05, 3.63) is 30.5 Å². The van der Waals surface area contributed by atoms with E-state index in [2.05, 4.69) is 15.5 Å². The molecule has 0 aliphatic rings. The molecule has 82 valence electrons. The van der Waals surface area contributed by atoms with Gasteiger partial charge in [0, 0.05) is 17.3 Å². The van der Waals surface area contributed by atoms with Crippen LogP contribution >= 0.6 is 11.8 Å². The average Bonchev–Trinajstić information content (AvgIpc) is 2.35. The Morgan fingerprint density at radius 1 is 1.44 bits per heavy atom. The van der Waals surface area contributed by atoms with Crippen molar-refractivity contribution in [2.75, 3.05) is 12.8 Å². The second-order valence-corrected chi connectivity index (χ2v) is 4.20. The van der Waals surface area contributed by atoms with Crippen LogP contribution in [0.4, 0.5) is 0 Å². The van der Waals surface area contributed by atoms with Crippen molar-refractivity contribution < 1.29 is 4.79 Å². The molecule has 0 radical (unpaired) electrons. The number of aromatic nitrogens is 2. The Bertz CT molecular complexity index is 510. The molecule has 1 amide bonds. The van der Waals surface area contributed by atoms with E-state index in [-0.39, 0.29) is 5.91 Å². The molecule has 0 spiro atoms. The van der Waals surface area contributed by atoms with Gasteiger partial charge in [0.2, 0.25) is 5.91 Å². The molecular weight excluding hydrogens is 222 g/mol. The fraction of sp³-hybridized carbons (Fsp3) is 0.182. The van der Waals surface area contributed by atoms with Crippen LogP contribution in [0.5, 0.6) is 0 Å². The van der Waals surface area contributed by atoms with Gasteiger partial charge in [0.1, 0.15) is 0 Å². The summed E-state index contributed by atoms with van der Waals surface area (Å²) in [6.07, 6.45) is 1.69. The highest BCUT2D eigenvalue weighted by Gasteiger charge is 2.05. The molecule has 0 aliphatic heterocycles. The summed E-state index contributed by atoms with van der Waals surface area (Å²) in [6, 6.07) is 7.76. The smallest absolute Gasteiger partial charge is 0.230 e. The van der Waals surface area contributed by atoms with E-state index in [4.69, 9.17) is 0 Å². The minimum Gasteiger partial charge on any atom is -0.358 e. The quantitative estimate of drug-likeness (QED) is 0.816. The molecule has 5 heteroatoms. The molecule has 2 aromatic rings. The van der Waals surface area contributed by atoms with Crippen LogP contribution in [-0.2, 0) is 4.79 Å². The zero-order chi connectivity index (χ0) is 11.4. The number of carbonyl (C=O) groups is 1. The standard InChI is InChI=1S/C11H11N3OS/c1-12-11(15)7-16-10-6-13-14-9-5-3-2-4-8(9)10/h2-6H,7H2,1H3,(H,12,15). The largest absolute Gasteiger partial charge is 0.358 e. The van der Waals surface area contributed by atoms with Crippen LogP contribution in [0, 0.1) is 0 Å². The van der Waals surface area contributed by atoms with E-state index in [1.165, 1.54) is 11.8 Å². The molecule has 0 saturated carbocycles. The van der Waals surface area contributed by atoms with Crippen LogP contribution in [0.25, 0.3) is 10.9 Å². The lowest BCUT2D eigenvalue weighted by atomic mass is 10.2. The topological polar surface area (TPSA) is 54.9 Å². The number of rotatable bonds is 3. The minimum atomic E-state index is 0.00546. The molecule has 0 unspecified atom stereocenters. The molecule has 0 fully saturated rings. The fourth-order valence-corrected chi connectivity index (χ4v) is 2.19. The summed E-state index contributed by atoms with van der Waals surface area (Å²) in [5.41, 5.74) is 0.851. The lowest BCUT2D eigenvalue weighted by Gasteiger charge is -2.03. The Labute approximate surface area is 97.5 Å². The number of hydrogen-bond acceptors (Lipinski definition) is 4. The van der Waals surface area contributed by atoms with E-state index < -0.39 is 0 Å². The van der Waals surface area contributed by atoms with Gasteiger partial charge in [-0.05, 0) is 6.07 Å². The highest BCUT2D eigenvalue weighted by Crippen LogP contribution is 2.24. The summed E-state index contributed by atoms with van der Waals surface area (Å²) in [5, 5.41) is 11.6. The first-order valence-electron chi connectivity index (χ1n) is 4.85. The summed E-state index contributed by atoms with van der Waals surface area (Å²) < 4.78 is 0. The van der Waals surface area contributed by atoms with Crippen molar-refractivity contribution >= 4 is 28.6 Å². The second kappa shape index (κ2) is 4.94. The van der Waals surface area contributed by atoms with Crippen LogP contribution in [-0.4, -0.2) is 28.9 Å². The Morgan fingerprint density at radius 2 is 2.25 bits per heavy atom. The van der Waals surface area contributed by atoms with Gasteiger partial charge in [-0.25, -0.2) is 0 Å². The number of fused-ring (bicyclic) bond motifs is 1. The van der Waals surface area contributed by atoms with Gasteiger partial charge in [-0.3, -0.25) is 4.79 Å². The third-order valence-electron chi connectivity index (χ3n) is 2.15. The summed E-state index contributed by atoms with van der Waals surface area (Å²) in [7, 11) is 1.63. The number of nitrogens with zero attached hydrogens (tertiary/aromatic N) is 2. The zero-order valence-electron chi connectivity index (χ0n) is 8.80. The predicted octanol–water partition coefficient (Wildman–Crippen LogP) is 1.47. The second-order valence-electron chi connectivity index (χ2n) is 3.19. The number of hydrogen-bond donors (Lipinski definition) is 1. The van der Waals surface area contributed by atoms with Gasteiger partial charge in [-0.2, -0.15) is 10.2 Å². The summed E-state index contributed by atoms with van der Waals surface area (Å²) in [5.74, 6) is 0.400. The number of benzene rings is 1. The molecule has 1 N–H and O–H groups in total. The molecule has 1 heterocycles. The lowest BCUT2D eigenvalue weighted by molar-refractivity contribution is -0.118. The molecule has 16 heavy (non-hydrogen) atoms. The Kier molecular flexibility index (Phi) is 3.36. The van der Waals surface area contributed by atoms with Crippen LogP contribution in [0.15, 0.2) is 35.4 Å². The van der Waals surface area contributed by atoms with E-state index >= 15 is 0 Å². The molecule has 1 aromatic heterocycles. The molecule has 0 saturated heterocycles. The van der Waals surface area contributed by atoms with Gasteiger partial charge in [0.15, 0.2) is 0 Å². The molecule has 2 rings (SSSR count). The zero-order valence-corrected chi connectivity index (χ0v) is 9.62. The van der Waals surface area contributed by atoms with Crippen LogP contribution in [0.1, 0.15) is 0 Å². The highest BCUT2D eigenvalue weighted by atomic mass is 32.2. The first-order chi connectivity index (χ1) is 7.81. The average molecular weight is 233 g/mol. The third-order valence-corrected chi connectivity index (χ3v) is 3.19. The van der Waals surface area contributed by atoms with Crippen molar-refractivity contribution in [2.24, 2.45) is 0 Å². The Morgan fingerprint density at radius 3 is 3.06 bits per heavy atom. The molecule has 4 nitrogen and oxygen atoms in total. The van der Waals surface area contributed by atoms with E-state index in [0.717, 1.165) is 15.8 Å². The maximum absolute atomic E-state index is 11.2. The summed E-state index contributed by atoms with van der Waals surface area (Å²) >= 11 is 1.47. The Balaban J connectivity index is 2.27. The van der Waals surface area contributed by atoms with Gasteiger partial charge < -0.3 is 5.32 Å². The highest BCUT2D eigenvalue weighted by molar-refractivity contribution is 8.00. The molecular formula is C11H11N3OS. The van der Waals surface area contributed by atoms with Crippen LogP contribution in [0.2, 0.25) is 0 Å². The van der Waals surface area contributed by atoms with Crippen molar-refractivity contribution in [1.29, 1.82) is 0 Å². The summed E-state index contributed by atoms with van der Waals surface area (Å²) in [4.78, 5) is 12.1. The first kappa shape index (κ1) is 10.9. The van der Waals surface area contributed by atoms with Crippen LogP contribution < -0.4 is 5.32 Å². The van der Waals surface area contributed by atoms with Gasteiger partial charge in [0.05, 0.1) is 17.5 Å². The minimum absolute atomic E-state index is 0.00546. The van der Waals surface area contributed by atoms with E-state index in [1.807, 2.05) is 24.3 Å². The van der Waals surface area contributed by atoms with Crippen molar-refractivity contribution in [2.45, 2.75) is 4.90 Å². The molecule has 0 bridgehead atoms. The SMILES string of the molecule is CNC(=O)CSc1cnnc2ccccc12. The maximum Gasteiger partial charge on any atom is 0.230 e. The third kappa shape index (κ3) is 2.30. The monoisotopic (exact) mass is 233 g/mol. The van der Waals surface area contributed by atoms with Gasteiger partial charge in [-0.1, -0.05) is 18.2 Å².